The van der Waals surface area contributed by atoms with Gasteiger partial charge in [-0.2, -0.15) is 0 Å². The maximum atomic E-state index is 5.42. The summed E-state index contributed by atoms with van der Waals surface area (Å²) in [4.78, 5) is 15.7. The fraction of sp³-hybridized carbons (Fsp3) is 0.267. The first kappa shape index (κ1) is 11.5. The van der Waals surface area contributed by atoms with Gasteiger partial charge in [0, 0.05) is 24.7 Å². The topological polar surface area (TPSA) is 51.1 Å². The normalized spacial score (nSPS) is 15.9. The molecule has 0 unspecified atom stereocenters. The number of ether oxygens (including phenoxy) is 1. The van der Waals surface area contributed by atoms with Gasteiger partial charge in [-0.3, -0.25) is 0 Å². The molecular weight excluding hydrogens is 252 g/mol. The van der Waals surface area contributed by atoms with Crippen molar-refractivity contribution in [3.63, 3.8) is 0 Å². The first-order valence-electron chi connectivity index (χ1n) is 6.74. The molecule has 0 radical (unpaired) electrons. The van der Waals surface area contributed by atoms with Crippen molar-refractivity contribution in [1.29, 1.82) is 0 Å². The average Bonchev–Trinajstić information content (AvgIpc) is 2.55. The zero-order valence-corrected chi connectivity index (χ0v) is 11.0. The van der Waals surface area contributed by atoms with Crippen molar-refractivity contribution in [3.05, 3.63) is 36.8 Å². The summed E-state index contributed by atoms with van der Waals surface area (Å²) in [5, 5.41) is 2.08. The summed E-state index contributed by atoms with van der Waals surface area (Å²) in [6.45, 7) is 3.19. The number of aromatic nitrogens is 3. The fourth-order valence-corrected chi connectivity index (χ4v) is 2.67. The SMILES string of the molecule is c1ccc2c(c1)nc(N1CCOCC1)c1cncnc12. The lowest BCUT2D eigenvalue weighted by Crippen LogP contribution is -2.36. The molecule has 5 heteroatoms. The van der Waals surface area contributed by atoms with Gasteiger partial charge in [0.1, 0.15) is 12.1 Å². The van der Waals surface area contributed by atoms with E-state index in [0.717, 1.165) is 53.9 Å². The van der Waals surface area contributed by atoms with Gasteiger partial charge in [0.2, 0.25) is 0 Å². The predicted octanol–water partition coefficient (Wildman–Crippen LogP) is 2.01. The molecule has 1 saturated heterocycles. The van der Waals surface area contributed by atoms with Gasteiger partial charge in [-0.25, -0.2) is 15.0 Å². The van der Waals surface area contributed by atoms with Crippen molar-refractivity contribution in [2.24, 2.45) is 0 Å². The third-order valence-corrected chi connectivity index (χ3v) is 3.65. The maximum Gasteiger partial charge on any atom is 0.140 e. The summed E-state index contributed by atoms with van der Waals surface area (Å²) in [6, 6.07) is 8.10. The highest BCUT2D eigenvalue weighted by Crippen LogP contribution is 2.29. The molecule has 20 heavy (non-hydrogen) atoms. The van der Waals surface area contributed by atoms with Gasteiger partial charge < -0.3 is 9.64 Å². The average molecular weight is 266 g/mol. The van der Waals surface area contributed by atoms with Crippen LogP contribution in [0, 0.1) is 0 Å². The van der Waals surface area contributed by atoms with Crippen molar-refractivity contribution in [2.75, 3.05) is 31.2 Å². The summed E-state index contributed by atoms with van der Waals surface area (Å²) in [5.41, 5.74) is 1.94. The number of anilines is 1. The molecule has 0 N–H and O–H groups in total. The highest BCUT2D eigenvalue weighted by atomic mass is 16.5. The second-order valence-corrected chi connectivity index (χ2v) is 4.84. The Morgan fingerprint density at radius 3 is 2.80 bits per heavy atom. The van der Waals surface area contributed by atoms with Crippen LogP contribution in [0.4, 0.5) is 5.82 Å². The summed E-state index contributed by atoms with van der Waals surface area (Å²) in [5.74, 6) is 0.961. The van der Waals surface area contributed by atoms with E-state index < -0.39 is 0 Å². The Balaban J connectivity index is 2.02. The van der Waals surface area contributed by atoms with Gasteiger partial charge in [0.05, 0.1) is 29.6 Å². The molecule has 4 rings (SSSR count). The molecule has 0 saturated carbocycles. The number of para-hydroxylation sites is 1. The number of nitrogens with zero attached hydrogens (tertiary/aromatic N) is 4. The smallest absolute Gasteiger partial charge is 0.140 e. The Bertz CT molecular complexity index is 768. The largest absolute Gasteiger partial charge is 0.378 e. The van der Waals surface area contributed by atoms with E-state index in [9.17, 15) is 0 Å². The minimum absolute atomic E-state index is 0.740. The lowest BCUT2D eigenvalue weighted by molar-refractivity contribution is 0.122. The number of hydrogen-bond donors (Lipinski definition) is 0. The first-order valence-corrected chi connectivity index (χ1v) is 6.74. The van der Waals surface area contributed by atoms with Gasteiger partial charge >= 0.3 is 0 Å². The van der Waals surface area contributed by atoms with E-state index >= 15 is 0 Å². The summed E-state index contributed by atoms with van der Waals surface area (Å²) in [7, 11) is 0. The van der Waals surface area contributed by atoms with E-state index in [1.54, 1.807) is 6.33 Å². The number of fused-ring (bicyclic) bond motifs is 3. The molecule has 3 aromatic rings. The Labute approximate surface area is 116 Å². The van der Waals surface area contributed by atoms with Gasteiger partial charge in [-0.15, -0.1) is 0 Å². The third kappa shape index (κ3) is 1.78. The molecule has 1 aliphatic heterocycles. The standard InChI is InChI=1S/C15H14N4O/c1-2-4-13-11(3-1)14-12(9-16-10-17-14)15(18-13)19-5-7-20-8-6-19/h1-4,9-10H,5-8H2. The van der Waals surface area contributed by atoms with Gasteiger partial charge in [-0.05, 0) is 6.07 Å². The van der Waals surface area contributed by atoms with Crippen LogP contribution in [0.5, 0.6) is 0 Å². The quantitative estimate of drug-likeness (QED) is 0.631. The number of benzene rings is 1. The number of rotatable bonds is 1. The number of pyridine rings is 1. The molecule has 1 fully saturated rings. The van der Waals surface area contributed by atoms with Crippen LogP contribution < -0.4 is 4.90 Å². The van der Waals surface area contributed by atoms with E-state index in [1.807, 2.05) is 24.4 Å². The summed E-state index contributed by atoms with van der Waals surface area (Å²) >= 11 is 0. The van der Waals surface area contributed by atoms with Crippen LogP contribution in [0.3, 0.4) is 0 Å². The van der Waals surface area contributed by atoms with Crippen LogP contribution in [0.2, 0.25) is 0 Å². The molecule has 5 nitrogen and oxygen atoms in total. The Morgan fingerprint density at radius 2 is 1.90 bits per heavy atom. The molecule has 0 bridgehead atoms. The van der Waals surface area contributed by atoms with Crippen LogP contribution >= 0.6 is 0 Å². The molecule has 0 amide bonds. The predicted molar refractivity (Wildman–Crippen MR) is 77.9 cm³/mol. The zero-order valence-electron chi connectivity index (χ0n) is 11.0. The molecule has 1 aliphatic rings. The van der Waals surface area contributed by atoms with Crippen LogP contribution in [0.15, 0.2) is 36.8 Å². The zero-order chi connectivity index (χ0) is 13.4. The van der Waals surface area contributed by atoms with Crippen LogP contribution in [-0.4, -0.2) is 41.3 Å². The van der Waals surface area contributed by atoms with Crippen molar-refractivity contribution in [1.82, 2.24) is 15.0 Å². The van der Waals surface area contributed by atoms with Gasteiger partial charge in [0.15, 0.2) is 0 Å². The van der Waals surface area contributed by atoms with Gasteiger partial charge in [0.25, 0.3) is 0 Å². The van der Waals surface area contributed by atoms with Crippen molar-refractivity contribution < 1.29 is 4.74 Å². The summed E-state index contributed by atoms with van der Waals surface area (Å²) < 4.78 is 5.42. The Morgan fingerprint density at radius 1 is 1.05 bits per heavy atom. The van der Waals surface area contributed by atoms with Crippen LogP contribution in [-0.2, 0) is 4.74 Å². The van der Waals surface area contributed by atoms with Crippen molar-refractivity contribution >= 4 is 27.6 Å². The lowest BCUT2D eigenvalue weighted by Gasteiger charge is -2.28. The highest BCUT2D eigenvalue weighted by Gasteiger charge is 2.17. The molecule has 1 aromatic carbocycles. The molecule has 0 aliphatic carbocycles. The van der Waals surface area contributed by atoms with E-state index in [4.69, 9.17) is 9.72 Å². The minimum atomic E-state index is 0.740. The molecule has 100 valence electrons. The molecule has 0 spiro atoms. The van der Waals surface area contributed by atoms with E-state index in [2.05, 4.69) is 20.9 Å². The van der Waals surface area contributed by atoms with E-state index in [0.29, 0.717) is 0 Å². The van der Waals surface area contributed by atoms with E-state index in [1.165, 1.54) is 0 Å². The van der Waals surface area contributed by atoms with Gasteiger partial charge in [-0.1, -0.05) is 18.2 Å². The molecule has 3 heterocycles. The Hall–Kier alpha value is -2.27. The molecule has 2 aromatic heterocycles. The second-order valence-electron chi connectivity index (χ2n) is 4.84. The monoisotopic (exact) mass is 266 g/mol. The molecular formula is C15H14N4O. The Kier molecular flexibility index (Phi) is 2.70. The van der Waals surface area contributed by atoms with E-state index in [-0.39, 0.29) is 0 Å². The van der Waals surface area contributed by atoms with Crippen molar-refractivity contribution in [3.8, 4) is 0 Å². The highest BCUT2D eigenvalue weighted by molar-refractivity contribution is 6.07. The fourth-order valence-electron chi connectivity index (χ4n) is 2.67. The first-order chi connectivity index (χ1) is 9.93. The number of hydrogen-bond acceptors (Lipinski definition) is 5. The lowest BCUT2D eigenvalue weighted by atomic mass is 10.1. The van der Waals surface area contributed by atoms with Crippen LogP contribution in [0.25, 0.3) is 21.8 Å². The third-order valence-electron chi connectivity index (χ3n) is 3.65. The molecule has 0 atom stereocenters. The minimum Gasteiger partial charge on any atom is -0.378 e. The maximum absolute atomic E-state index is 5.42. The summed E-state index contributed by atoms with van der Waals surface area (Å²) in [6.07, 6.45) is 3.45. The second kappa shape index (κ2) is 4.68. The van der Waals surface area contributed by atoms with Crippen LogP contribution in [0.1, 0.15) is 0 Å². The van der Waals surface area contributed by atoms with Crippen molar-refractivity contribution in [2.45, 2.75) is 0 Å². The number of morpholine rings is 1.